The molecule has 0 aliphatic rings. The van der Waals surface area contributed by atoms with E-state index in [9.17, 15) is 9.59 Å². The van der Waals surface area contributed by atoms with Crippen molar-refractivity contribution in [2.45, 2.75) is 0 Å². The van der Waals surface area contributed by atoms with Crippen molar-refractivity contribution in [1.82, 2.24) is 4.57 Å². The monoisotopic (exact) mass is 256 g/mol. The van der Waals surface area contributed by atoms with E-state index < -0.39 is 5.12 Å². The van der Waals surface area contributed by atoms with E-state index in [4.69, 9.17) is 5.26 Å². The Labute approximate surface area is 109 Å². The second kappa shape index (κ2) is 4.90. The van der Waals surface area contributed by atoms with Crippen LogP contribution in [-0.4, -0.2) is 9.68 Å². The standard InChI is InChI=1S/C13H8N2O2S/c14-8-9-6-7-11(16)15(12(9)13(17)18)10-4-2-1-3-5-10/h1-7H,(H,17,18). The topological polar surface area (TPSA) is 62.9 Å². The van der Waals surface area contributed by atoms with Gasteiger partial charge in [0.05, 0.1) is 5.56 Å². The number of pyridine rings is 1. The van der Waals surface area contributed by atoms with Gasteiger partial charge >= 0.3 is 0 Å². The smallest absolute Gasteiger partial charge is 0.255 e. The fourth-order valence-corrected chi connectivity index (χ4v) is 1.89. The SMILES string of the molecule is N#Cc1ccc(=O)n(-c2ccccc2)c1C(=O)S. The first-order valence-corrected chi connectivity index (χ1v) is 5.54. The van der Waals surface area contributed by atoms with Gasteiger partial charge in [0.25, 0.3) is 5.56 Å². The van der Waals surface area contributed by atoms with Gasteiger partial charge < -0.3 is 0 Å². The molecule has 0 fully saturated rings. The van der Waals surface area contributed by atoms with Crippen molar-refractivity contribution in [3.63, 3.8) is 0 Å². The molecule has 0 bridgehead atoms. The number of hydrogen-bond acceptors (Lipinski definition) is 3. The third-order valence-electron chi connectivity index (χ3n) is 2.43. The van der Waals surface area contributed by atoms with Gasteiger partial charge in [-0.2, -0.15) is 5.26 Å². The molecule has 88 valence electrons. The van der Waals surface area contributed by atoms with E-state index in [1.54, 1.807) is 30.3 Å². The molecule has 0 atom stereocenters. The van der Waals surface area contributed by atoms with Crippen LogP contribution >= 0.6 is 12.6 Å². The van der Waals surface area contributed by atoms with Crippen LogP contribution in [0, 0.1) is 11.3 Å². The summed E-state index contributed by atoms with van der Waals surface area (Å²) in [5.74, 6) is 0. The molecule has 5 heteroatoms. The lowest BCUT2D eigenvalue weighted by atomic mass is 10.2. The van der Waals surface area contributed by atoms with E-state index in [-0.39, 0.29) is 16.8 Å². The van der Waals surface area contributed by atoms with Gasteiger partial charge in [-0.3, -0.25) is 14.2 Å². The van der Waals surface area contributed by atoms with Crippen molar-refractivity contribution < 1.29 is 4.79 Å². The van der Waals surface area contributed by atoms with E-state index in [0.717, 1.165) is 0 Å². The lowest BCUT2D eigenvalue weighted by Crippen LogP contribution is -2.23. The molecule has 18 heavy (non-hydrogen) atoms. The van der Waals surface area contributed by atoms with Crippen LogP contribution < -0.4 is 5.56 Å². The quantitative estimate of drug-likeness (QED) is 0.833. The third kappa shape index (κ3) is 2.06. The van der Waals surface area contributed by atoms with Crippen LogP contribution in [0.15, 0.2) is 47.3 Å². The summed E-state index contributed by atoms with van der Waals surface area (Å²) in [5, 5.41) is 8.36. The van der Waals surface area contributed by atoms with Crippen molar-refractivity contribution in [2.24, 2.45) is 0 Å². The number of carbonyl (C=O) groups is 1. The first-order chi connectivity index (χ1) is 8.65. The van der Waals surface area contributed by atoms with Crippen molar-refractivity contribution in [3.8, 4) is 11.8 Å². The highest BCUT2D eigenvalue weighted by Crippen LogP contribution is 2.14. The van der Waals surface area contributed by atoms with Crippen molar-refractivity contribution >= 4 is 17.7 Å². The molecule has 0 N–H and O–H groups in total. The average molecular weight is 256 g/mol. The molecule has 0 saturated carbocycles. The summed E-state index contributed by atoms with van der Waals surface area (Å²) in [6.45, 7) is 0. The number of para-hydroxylation sites is 1. The maximum absolute atomic E-state index is 11.9. The maximum Gasteiger partial charge on any atom is 0.255 e. The zero-order valence-corrected chi connectivity index (χ0v) is 10.1. The summed E-state index contributed by atoms with van der Waals surface area (Å²) >= 11 is 3.73. The van der Waals surface area contributed by atoms with Crippen LogP contribution in [0.2, 0.25) is 0 Å². The molecule has 2 aromatic rings. The van der Waals surface area contributed by atoms with Gasteiger partial charge in [0.2, 0.25) is 5.12 Å². The number of benzene rings is 1. The Morgan fingerprint density at radius 2 is 1.83 bits per heavy atom. The fraction of sp³-hybridized carbons (Fsp3) is 0. The van der Waals surface area contributed by atoms with Crippen LogP contribution in [0.5, 0.6) is 0 Å². The van der Waals surface area contributed by atoms with Gasteiger partial charge in [-0.15, -0.1) is 0 Å². The normalized spacial score (nSPS) is 9.78. The number of hydrogen-bond donors (Lipinski definition) is 1. The van der Waals surface area contributed by atoms with Crippen molar-refractivity contribution in [1.29, 1.82) is 5.26 Å². The summed E-state index contributed by atoms with van der Waals surface area (Å²) in [6, 6.07) is 13.1. The third-order valence-corrected chi connectivity index (χ3v) is 2.64. The van der Waals surface area contributed by atoms with Crippen LogP contribution in [0.25, 0.3) is 5.69 Å². The minimum atomic E-state index is -0.617. The molecule has 0 amide bonds. The molecule has 1 heterocycles. The lowest BCUT2D eigenvalue weighted by Gasteiger charge is -2.11. The number of aromatic nitrogens is 1. The minimum Gasteiger partial charge on any atom is -0.280 e. The van der Waals surface area contributed by atoms with E-state index in [1.807, 2.05) is 6.07 Å². The Bertz CT molecular complexity index is 699. The molecule has 0 radical (unpaired) electrons. The Morgan fingerprint density at radius 3 is 2.39 bits per heavy atom. The highest BCUT2D eigenvalue weighted by molar-refractivity contribution is 7.97. The molecule has 1 aromatic carbocycles. The summed E-state index contributed by atoms with van der Waals surface area (Å²) in [7, 11) is 0. The highest BCUT2D eigenvalue weighted by Gasteiger charge is 2.15. The predicted octanol–water partition coefficient (Wildman–Crippen LogP) is 1.78. The molecule has 0 spiro atoms. The number of nitrogens with zero attached hydrogens (tertiary/aromatic N) is 2. The van der Waals surface area contributed by atoms with Crippen molar-refractivity contribution in [3.05, 3.63) is 64.1 Å². The molecule has 0 saturated heterocycles. The Kier molecular flexibility index (Phi) is 3.31. The minimum absolute atomic E-state index is 0.0143. The average Bonchev–Trinajstić information content (AvgIpc) is 2.39. The van der Waals surface area contributed by atoms with Gasteiger partial charge in [-0.25, -0.2) is 0 Å². The highest BCUT2D eigenvalue weighted by atomic mass is 32.1. The van der Waals surface area contributed by atoms with E-state index in [1.165, 1.54) is 16.7 Å². The molecule has 0 unspecified atom stereocenters. The number of rotatable bonds is 2. The van der Waals surface area contributed by atoms with Gasteiger partial charge in [-0.1, -0.05) is 30.8 Å². The van der Waals surface area contributed by atoms with Crippen molar-refractivity contribution in [2.75, 3.05) is 0 Å². The Balaban J connectivity index is 2.86. The van der Waals surface area contributed by atoms with Crippen LogP contribution in [0.3, 0.4) is 0 Å². The molecule has 4 nitrogen and oxygen atoms in total. The first-order valence-electron chi connectivity index (χ1n) is 5.10. The Hall–Kier alpha value is -2.32. The number of carbonyl (C=O) groups excluding carboxylic acids is 1. The Morgan fingerprint density at radius 1 is 1.17 bits per heavy atom. The molecule has 0 aliphatic carbocycles. The zero-order chi connectivity index (χ0) is 13.1. The van der Waals surface area contributed by atoms with E-state index in [2.05, 4.69) is 12.6 Å². The van der Waals surface area contributed by atoms with Crippen LogP contribution in [0.1, 0.15) is 16.1 Å². The maximum atomic E-state index is 11.9. The lowest BCUT2D eigenvalue weighted by molar-refractivity contribution is 0.108. The number of nitriles is 1. The van der Waals surface area contributed by atoms with Gasteiger partial charge in [0.15, 0.2) is 0 Å². The molecule has 2 rings (SSSR count). The summed E-state index contributed by atoms with van der Waals surface area (Å²) in [5.41, 5.74) is 0.257. The second-order valence-corrected chi connectivity index (χ2v) is 3.93. The van der Waals surface area contributed by atoms with E-state index >= 15 is 0 Å². The molecular weight excluding hydrogens is 248 g/mol. The van der Waals surface area contributed by atoms with Crippen LogP contribution in [0.4, 0.5) is 0 Å². The van der Waals surface area contributed by atoms with E-state index in [0.29, 0.717) is 5.69 Å². The van der Waals surface area contributed by atoms with Gasteiger partial charge in [-0.05, 0) is 18.2 Å². The van der Waals surface area contributed by atoms with Gasteiger partial charge in [0, 0.05) is 11.8 Å². The van der Waals surface area contributed by atoms with Gasteiger partial charge in [0.1, 0.15) is 11.8 Å². The predicted molar refractivity (Wildman–Crippen MR) is 70.1 cm³/mol. The fourth-order valence-electron chi connectivity index (χ4n) is 1.67. The molecule has 0 aliphatic heterocycles. The first kappa shape index (κ1) is 12.1. The second-order valence-electron chi connectivity index (χ2n) is 3.52. The molecule has 1 aromatic heterocycles. The summed E-state index contributed by atoms with van der Waals surface area (Å²) < 4.78 is 1.19. The molecular formula is C13H8N2O2S. The zero-order valence-electron chi connectivity index (χ0n) is 9.20. The summed E-state index contributed by atoms with van der Waals surface area (Å²) in [6.07, 6.45) is 0. The summed E-state index contributed by atoms with van der Waals surface area (Å²) in [4.78, 5) is 23.4. The number of thiol groups is 1. The van der Waals surface area contributed by atoms with Crippen LogP contribution in [-0.2, 0) is 0 Å². The largest absolute Gasteiger partial charge is 0.280 e.